The molecule has 0 fully saturated rings. The van der Waals surface area contributed by atoms with Gasteiger partial charge in [-0.25, -0.2) is 9.59 Å². The highest BCUT2D eigenvalue weighted by molar-refractivity contribution is 5.90. The molecule has 3 atom stereocenters. The second kappa shape index (κ2) is 44.6. The van der Waals surface area contributed by atoms with Gasteiger partial charge >= 0.3 is 23.9 Å². The van der Waals surface area contributed by atoms with Crippen LogP contribution in [-0.2, 0) is 38.1 Å². The minimum atomic E-state index is -1.16. The molecular formula is C59H34N2O9. The summed E-state index contributed by atoms with van der Waals surface area (Å²) in [6, 6.07) is -0.841. The summed E-state index contributed by atoms with van der Waals surface area (Å²) in [7, 11) is 1.23. The maximum atomic E-state index is 12.8. The highest BCUT2D eigenvalue weighted by Gasteiger charge is 2.22. The van der Waals surface area contributed by atoms with Crippen LogP contribution in [0.25, 0.3) is 0 Å². The van der Waals surface area contributed by atoms with Crippen LogP contribution < -0.4 is 5.73 Å². The summed E-state index contributed by atoms with van der Waals surface area (Å²) in [5, 5.41) is 10.6. The molecule has 70 heavy (non-hydrogen) atoms. The Balaban J connectivity index is 5.96. The van der Waals surface area contributed by atoms with Crippen LogP contribution in [-0.4, -0.2) is 92.1 Å². The van der Waals surface area contributed by atoms with E-state index in [4.69, 9.17) is 19.9 Å². The average molecular weight is 915 g/mol. The van der Waals surface area contributed by atoms with Crippen LogP contribution >= 0.6 is 0 Å². The number of methoxy groups -OCH3 is 1. The number of hydrogen-bond donors (Lipinski definition) is 2. The number of rotatable bonds is 15. The van der Waals surface area contributed by atoms with Gasteiger partial charge in [-0.3, -0.25) is 14.5 Å². The molecule has 0 radical (unpaired) electrons. The molecule has 0 rings (SSSR count). The summed E-state index contributed by atoms with van der Waals surface area (Å²) < 4.78 is 20.3. The van der Waals surface area contributed by atoms with Gasteiger partial charge in [0, 0.05) is 55.5 Å². The molecule has 0 aliphatic rings. The number of nitrogens with two attached hydrogens (primary N) is 1. The first-order valence-corrected chi connectivity index (χ1v) is 19.7. The van der Waals surface area contributed by atoms with E-state index in [1.54, 1.807) is 18.7 Å². The molecule has 11 heteroatoms. The molecule has 0 aromatic carbocycles. The van der Waals surface area contributed by atoms with Crippen LogP contribution in [0.4, 0.5) is 0 Å². The Morgan fingerprint density at radius 1 is 0.486 bits per heavy atom. The van der Waals surface area contributed by atoms with Gasteiger partial charge in [0.25, 0.3) is 0 Å². The zero-order valence-corrected chi connectivity index (χ0v) is 38.1. The summed E-state index contributed by atoms with van der Waals surface area (Å²) in [4.78, 5) is 50.0. The standard InChI is InChI=1S/C59H34N2O9/c1-5-7-9-11-13-15-17-19-21-23-25-27-29-31-33-35-37-39-41-46-57(64)69-52-55(50-61(49-54(63)51-68-53(3)62)48-44-43-45-56(60)59(66)67-4)70-58(65)47-42-40-38-36-34-32-30-28-26-24-22-20-18-16-14-12-10-8-6-2/h54-56,63H,43-45,48-52,60H2,1-4H3. The number of ether oxygens (including phenoxy) is 4. The molecule has 0 heterocycles. The molecule has 11 nitrogen and oxygen atoms in total. The quantitative estimate of drug-likeness (QED) is 0.0716. The second-order valence-corrected chi connectivity index (χ2v) is 11.7. The number of esters is 4. The molecule has 0 bridgehead atoms. The van der Waals surface area contributed by atoms with Crippen molar-refractivity contribution in [1.29, 1.82) is 0 Å². The van der Waals surface area contributed by atoms with Crippen LogP contribution in [0.5, 0.6) is 0 Å². The third-order valence-corrected chi connectivity index (χ3v) is 6.53. The molecule has 0 spiro atoms. The minimum absolute atomic E-state index is 0.0628. The van der Waals surface area contributed by atoms with E-state index in [2.05, 4.69) is 242 Å². The van der Waals surface area contributed by atoms with E-state index in [-0.39, 0.29) is 26.2 Å². The van der Waals surface area contributed by atoms with Crippen LogP contribution in [0.3, 0.4) is 0 Å². The number of aliphatic hydroxyl groups is 1. The third kappa shape index (κ3) is 41.0. The lowest BCUT2D eigenvalue weighted by atomic mass is 10.1. The first kappa shape index (κ1) is 59.0. The zero-order valence-electron chi connectivity index (χ0n) is 38.1. The topological polar surface area (TPSA) is 155 Å². The fraction of sp³-hybridized carbons (Fsp3) is 0.254. The van der Waals surface area contributed by atoms with Crippen molar-refractivity contribution in [2.24, 2.45) is 5.73 Å². The highest BCUT2D eigenvalue weighted by atomic mass is 16.6. The first-order chi connectivity index (χ1) is 34.1. The minimum Gasteiger partial charge on any atom is -0.468 e. The lowest BCUT2D eigenvalue weighted by molar-refractivity contribution is -0.153. The first-order valence-electron chi connectivity index (χ1n) is 19.7. The lowest BCUT2D eigenvalue weighted by Gasteiger charge is -2.28. The van der Waals surface area contributed by atoms with Gasteiger partial charge in [-0.2, -0.15) is 0 Å². The van der Waals surface area contributed by atoms with E-state index in [0.717, 1.165) is 0 Å². The van der Waals surface area contributed by atoms with E-state index in [0.29, 0.717) is 19.3 Å². The van der Waals surface area contributed by atoms with Crippen molar-refractivity contribution < 1.29 is 43.2 Å². The van der Waals surface area contributed by atoms with Crippen molar-refractivity contribution in [1.82, 2.24) is 4.90 Å². The van der Waals surface area contributed by atoms with Crippen molar-refractivity contribution in [2.45, 2.75) is 58.3 Å². The van der Waals surface area contributed by atoms with E-state index in [1.807, 2.05) is 0 Å². The van der Waals surface area contributed by atoms with Gasteiger partial charge in [0.2, 0.25) is 0 Å². The lowest BCUT2D eigenvalue weighted by Crippen LogP contribution is -2.43. The number of unbranched alkanes of at least 4 members (excludes halogenated alkanes) is 1. The Morgan fingerprint density at radius 3 is 1.20 bits per heavy atom. The van der Waals surface area contributed by atoms with E-state index >= 15 is 0 Å². The maximum Gasteiger partial charge on any atom is 0.385 e. The maximum absolute atomic E-state index is 12.8. The Morgan fingerprint density at radius 2 is 0.843 bits per heavy atom. The molecule has 0 aliphatic heterocycles. The van der Waals surface area contributed by atoms with Crippen LogP contribution in [0.15, 0.2) is 0 Å². The third-order valence-electron chi connectivity index (χ3n) is 6.53. The molecule has 0 saturated carbocycles. The van der Waals surface area contributed by atoms with Crippen LogP contribution in [0.2, 0.25) is 0 Å². The average Bonchev–Trinajstić information content (AvgIpc) is 3.34. The van der Waals surface area contributed by atoms with E-state index in [9.17, 15) is 24.3 Å². The number of aliphatic hydroxyl groups excluding tert-OH is 1. The normalized spacial score (nSPS) is 8.21. The summed E-state index contributed by atoms with van der Waals surface area (Å²) >= 11 is 0. The van der Waals surface area contributed by atoms with Gasteiger partial charge in [0.15, 0.2) is 0 Å². The predicted molar refractivity (Wildman–Crippen MR) is 261 cm³/mol. The molecule has 3 unspecified atom stereocenters. The smallest absolute Gasteiger partial charge is 0.385 e. The Bertz CT molecular complexity index is 3320. The van der Waals surface area contributed by atoms with E-state index in [1.165, 1.54) is 14.0 Å². The monoisotopic (exact) mass is 914 g/mol. The van der Waals surface area contributed by atoms with Crippen molar-refractivity contribution in [3.05, 3.63) is 0 Å². The molecule has 334 valence electrons. The number of carbonyl (C=O) groups excluding carboxylic acids is 4. The fourth-order valence-corrected chi connectivity index (χ4v) is 3.88. The molecular weight excluding hydrogens is 881 g/mol. The second-order valence-electron chi connectivity index (χ2n) is 11.7. The summed E-state index contributed by atoms with van der Waals surface area (Å²) in [6.45, 7) is 3.81. The summed E-state index contributed by atoms with van der Waals surface area (Å²) in [5.74, 6) is 94.8. The molecule has 0 aliphatic carbocycles. The fourth-order valence-electron chi connectivity index (χ4n) is 3.88. The Kier molecular flexibility index (Phi) is 37.5. The van der Waals surface area contributed by atoms with Crippen LogP contribution in [0.1, 0.15) is 40.0 Å². The summed E-state index contributed by atoms with van der Waals surface area (Å²) in [6.07, 6.45) is -1.07. The largest absolute Gasteiger partial charge is 0.468 e. The molecule has 0 saturated heterocycles. The van der Waals surface area contributed by atoms with Gasteiger partial charge in [-0.05, 0) is 223 Å². The van der Waals surface area contributed by atoms with Crippen molar-refractivity contribution in [2.75, 3.05) is 40.0 Å². The van der Waals surface area contributed by atoms with Crippen LogP contribution in [0, 0.1) is 237 Å². The molecule has 0 aromatic rings. The number of carbonyl (C=O) groups is 4. The molecule has 3 N–H and O–H groups in total. The molecule has 0 aromatic heterocycles. The Hall–Kier alpha value is -11.0. The van der Waals surface area contributed by atoms with Gasteiger partial charge < -0.3 is 29.8 Å². The van der Waals surface area contributed by atoms with Gasteiger partial charge in [-0.15, -0.1) is 0 Å². The van der Waals surface area contributed by atoms with Gasteiger partial charge in [0.1, 0.15) is 31.5 Å². The SMILES string of the molecule is CC#CC#CC#CC#CC#CC#CC#CC#CC#CC#CC(=O)OCC(CN(CCCCC(N)C(=O)OC)CC(O)COC(C)=O)OC(=O)C#CC#CC#CC#CC#CC#CC#CC#CC#CC#CC. The predicted octanol–water partition coefficient (Wildman–Crippen LogP) is -0.554. The van der Waals surface area contributed by atoms with Crippen molar-refractivity contribution in [3.8, 4) is 237 Å². The number of hydrogen-bond acceptors (Lipinski definition) is 11. The number of nitrogens with zero attached hydrogens (tertiary/aromatic N) is 1. The van der Waals surface area contributed by atoms with Gasteiger partial charge in [-0.1, -0.05) is 18.3 Å². The van der Waals surface area contributed by atoms with Gasteiger partial charge in [0.05, 0.1) is 7.11 Å². The van der Waals surface area contributed by atoms with E-state index < -0.39 is 48.7 Å². The Labute approximate surface area is 411 Å². The van der Waals surface area contributed by atoms with Crippen molar-refractivity contribution >= 4 is 23.9 Å². The highest BCUT2D eigenvalue weighted by Crippen LogP contribution is 2.07. The zero-order chi connectivity index (χ0) is 51.4. The molecule has 0 amide bonds. The van der Waals surface area contributed by atoms with Crippen molar-refractivity contribution in [3.63, 3.8) is 0 Å². The summed E-state index contributed by atoms with van der Waals surface area (Å²) in [5.41, 5.74) is 5.85.